The van der Waals surface area contributed by atoms with Crippen LogP contribution in [0.15, 0.2) is 0 Å². The molecule has 0 atom stereocenters. The quantitative estimate of drug-likeness (QED) is 0.462. The average Bonchev–Trinajstić information content (AvgIpc) is 1.41. The zero-order valence-corrected chi connectivity index (χ0v) is 3.96. The highest BCUT2D eigenvalue weighted by Gasteiger charge is 1.73. The Balaban J connectivity index is 2.19. The Bertz CT molecular complexity index is 14.4. The maximum Gasteiger partial charge on any atom is 0.0751 e. The first-order valence-electron chi connectivity index (χ1n) is 1.77. The van der Waals surface area contributed by atoms with Gasteiger partial charge in [0.25, 0.3) is 0 Å². The maximum absolute atomic E-state index is 5.26. The fraction of sp³-hybridized carbons (Fsp3) is 1.00. The molecule has 0 rings (SSSR count). The Hall–Kier alpha value is 0.250. The van der Waals surface area contributed by atoms with Gasteiger partial charge in [-0.15, -0.1) is 11.6 Å². The van der Waals surface area contributed by atoms with Crippen LogP contribution in [0, 0.1) is 0 Å². The SMILES string of the molecule is [NH3+]CCCCl. The standard InChI is InChI=1S/C3H8ClN/c4-2-1-3-5/h1-3,5H2/p+1. The summed E-state index contributed by atoms with van der Waals surface area (Å²) in [6, 6.07) is 0. The van der Waals surface area contributed by atoms with Gasteiger partial charge in [-0.05, 0) is 0 Å². The van der Waals surface area contributed by atoms with Crippen molar-refractivity contribution in [3.05, 3.63) is 0 Å². The van der Waals surface area contributed by atoms with Crippen molar-refractivity contribution in [3.8, 4) is 0 Å². The van der Waals surface area contributed by atoms with Crippen LogP contribution < -0.4 is 5.73 Å². The minimum absolute atomic E-state index is 0.753. The topological polar surface area (TPSA) is 27.6 Å². The molecule has 0 aromatic heterocycles. The van der Waals surface area contributed by atoms with Gasteiger partial charge in [0.15, 0.2) is 0 Å². The third-order valence-electron chi connectivity index (χ3n) is 0.384. The molecule has 0 aliphatic carbocycles. The molecule has 0 heterocycles. The van der Waals surface area contributed by atoms with E-state index >= 15 is 0 Å². The summed E-state index contributed by atoms with van der Waals surface area (Å²) in [4.78, 5) is 0. The third-order valence-corrected chi connectivity index (χ3v) is 0.651. The minimum atomic E-state index is 0.753. The molecule has 0 saturated heterocycles. The number of rotatable bonds is 2. The van der Waals surface area contributed by atoms with Crippen LogP contribution in [-0.4, -0.2) is 12.4 Å². The van der Waals surface area contributed by atoms with Crippen molar-refractivity contribution in [2.75, 3.05) is 12.4 Å². The van der Waals surface area contributed by atoms with Crippen molar-refractivity contribution in [2.24, 2.45) is 0 Å². The van der Waals surface area contributed by atoms with Crippen LogP contribution in [0.2, 0.25) is 0 Å². The summed E-state index contributed by atoms with van der Waals surface area (Å²) in [7, 11) is 0. The second-order valence-electron chi connectivity index (χ2n) is 0.896. The highest BCUT2D eigenvalue weighted by atomic mass is 35.5. The van der Waals surface area contributed by atoms with Crippen LogP contribution in [0.5, 0.6) is 0 Å². The summed E-state index contributed by atoms with van der Waals surface area (Å²) in [5, 5.41) is 0. The van der Waals surface area contributed by atoms with Crippen LogP contribution >= 0.6 is 11.6 Å². The van der Waals surface area contributed by atoms with Crippen LogP contribution in [0.3, 0.4) is 0 Å². The van der Waals surface area contributed by atoms with E-state index in [0.29, 0.717) is 0 Å². The van der Waals surface area contributed by atoms with Gasteiger partial charge >= 0.3 is 0 Å². The molecule has 2 heteroatoms. The van der Waals surface area contributed by atoms with Crippen LogP contribution in [0.1, 0.15) is 6.42 Å². The lowest BCUT2D eigenvalue weighted by Crippen LogP contribution is -2.50. The number of quaternary nitrogens is 1. The second-order valence-corrected chi connectivity index (χ2v) is 1.27. The summed E-state index contributed by atoms with van der Waals surface area (Å²) < 4.78 is 0. The van der Waals surface area contributed by atoms with Crippen LogP contribution in [0.25, 0.3) is 0 Å². The van der Waals surface area contributed by atoms with Gasteiger partial charge in [-0.1, -0.05) is 0 Å². The van der Waals surface area contributed by atoms with Crippen molar-refractivity contribution >= 4 is 11.6 Å². The molecule has 0 aromatic carbocycles. The van der Waals surface area contributed by atoms with E-state index in [1.807, 2.05) is 0 Å². The molecule has 0 aliphatic rings. The zero-order chi connectivity index (χ0) is 4.12. The van der Waals surface area contributed by atoms with E-state index in [-0.39, 0.29) is 0 Å². The molecule has 0 aromatic rings. The number of alkyl halides is 1. The van der Waals surface area contributed by atoms with Gasteiger partial charge in [0.05, 0.1) is 6.54 Å². The molecule has 0 amide bonds. The smallest absolute Gasteiger partial charge is 0.0751 e. The maximum atomic E-state index is 5.26. The Kier molecular flexibility index (Phi) is 4.46. The van der Waals surface area contributed by atoms with Gasteiger partial charge in [0, 0.05) is 12.3 Å². The highest BCUT2D eigenvalue weighted by molar-refractivity contribution is 6.17. The van der Waals surface area contributed by atoms with E-state index < -0.39 is 0 Å². The van der Waals surface area contributed by atoms with Gasteiger partial charge in [-0.3, -0.25) is 0 Å². The molecule has 0 unspecified atom stereocenters. The van der Waals surface area contributed by atoms with E-state index in [2.05, 4.69) is 5.73 Å². The van der Waals surface area contributed by atoms with Gasteiger partial charge in [0.1, 0.15) is 0 Å². The number of hydrogen-bond donors (Lipinski definition) is 1. The second kappa shape index (κ2) is 4.25. The van der Waals surface area contributed by atoms with Crippen molar-refractivity contribution in [2.45, 2.75) is 6.42 Å². The molecule has 0 fully saturated rings. The molecule has 0 radical (unpaired) electrons. The molecule has 3 N–H and O–H groups in total. The van der Waals surface area contributed by atoms with Gasteiger partial charge in [-0.2, -0.15) is 0 Å². The number of halogens is 1. The molecule has 0 aliphatic heterocycles. The van der Waals surface area contributed by atoms with Gasteiger partial charge < -0.3 is 5.73 Å². The predicted octanol–water partition coefficient (Wildman–Crippen LogP) is -0.143. The Morgan fingerprint density at radius 1 is 1.60 bits per heavy atom. The fourth-order valence-corrected chi connectivity index (χ4v) is 0.283. The Morgan fingerprint density at radius 3 is 2.20 bits per heavy atom. The van der Waals surface area contributed by atoms with Crippen molar-refractivity contribution in [3.63, 3.8) is 0 Å². The van der Waals surface area contributed by atoms with Crippen molar-refractivity contribution in [1.82, 2.24) is 0 Å². The summed E-state index contributed by atoms with van der Waals surface area (Å²) in [5.41, 5.74) is 3.59. The first-order chi connectivity index (χ1) is 2.41. The predicted molar refractivity (Wildman–Crippen MR) is 23.1 cm³/mol. The number of hydrogen-bond acceptors (Lipinski definition) is 0. The Morgan fingerprint density at radius 2 is 2.20 bits per heavy atom. The fourth-order valence-electron chi connectivity index (χ4n) is 0.0945. The zero-order valence-electron chi connectivity index (χ0n) is 3.21. The molecular weight excluding hydrogens is 85.5 g/mol. The molecule has 1 nitrogen and oxygen atoms in total. The van der Waals surface area contributed by atoms with E-state index in [0.717, 1.165) is 18.8 Å². The summed E-state index contributed by atoms with van der Waals surface area (Å²) in [5.74, 6) is 0.753. The average molecular weight is 94.6 g/mol. The normalized spacial score (nSPS) is 8.40. The minimum Gasteiger partial charge on any atom is -0.358 e. The van der Waals surface area contributed by atoms with Crippen molar-refractivity contribution < 1.29 is 5.73 Å². The first-order valence-corrected chi connectivity index (χ1v) is 2.30. The highest BCUT2D eigenvalue weighted by Crippen LogP contribution is 1.74. The summed E-state index contributed by atoms with van der Waals surface area (Å²) >= 11 is 5.26. The van der Waals surface area contributed by atoms with Gasteiger partial charge in [0.2, 0.25) is 0 Å². The van der Waals surface area contributed by atoms with E-state index in [1.54, 1.807) is 0 Å². The molecule has 0 bridgehead atoms. The largest absolute Gasteiger partial charge is 0.358 e. The van der Waals surface area contributed by atoms with Crippen LogP contribution in [0.4, 0.5) is 0 Å². The third kappa shape index (κ3) is 4.25. The molecule has 0 spiro atoms. The van der Waals surface area contributed by atoms with E-state index in [4.69, 9.17) is 11.6 Å². The Labute approximate surface area is 37.1 Å². The molecular formula is C3H9ClN+. The van der Waals surface area contributed by atoms with E-state index in [9.17, 15) is 0 Å². The summed E-state index contributed by atoms with van der Waals surface area (Å²) in [6.45, 7) is 0.962. The van der Waals surface area contributed by atoms with Crippen LogP contribution in [-0.2, 0) is 0 Å². The van der Waals surface area contributed by atoms with E-state index in [1.165, 1.54) is 0 Å². The van der Waals surface area contributed by atoms with Crippen molar-refractivity contribution in [1.29, 1.82) is 0 Å². The van der Waals surface area contributed by atoms with Gasteiger partial charge in [-0.25, -0.2) is 0 Å². The monoisotopic (exact) mass is 94.0 g/mol. The summed E-state index contributed by atoms with van der Waals surface area (Å²) in [6.07, 6.45) is 1.04. The lowest BCUT2D eigenvalue weighted by atomic mass is 10.5. The molecule has 0 saturated carbocycles. The molecule has 5 heavy (non-hydrogen) atoms. The lowest BCUT2D eigenvalue weighted by molar-refractivity contribution is -0.367. The molecule has 32 valence electrons. The lowest BCUT2D eigenvalue weighted by Gasteiger charge is -1.75. The first kappa shape index (κ1) is 5.25.